The Morgan fingerprint density at radius 3 is 0.885 bits per heavy atom. The first-order chi connectivity index (χ1) is 12.6. The molecule has 0 rings (SSSR count). The Morgan fingerprint density at radius 2 is 0.615 bits per heavy atom. The Kier molecular flexibility index (Phi) is 21.2. The average molecular weight is 424 g/mol. The van der Waals surface area contributed by atoms with Crippen molar-refractivity contribution in [2.45, 2.75) is 148 Å². The fourth-order valence-electron chi connectivity index (χ4n) is 3.69. The lowest BCUT2D eigenvalue weighted by atomic mass is 10.1. The smallest absolute Gasteiger partial charge is 0.146 e. The van der Waals surface area contributed by atoms with E-state index in [1.165, 1.54) is 122 Å². The predicted octanol–water partition coefficient (Wildman–Crippen LogP) is 10.4. The van der Waals surface area contributed by atoms with Crippen LogP contribution >= 0.6 is 22.2 Å². The first-order valence-electron chi connectivity index (χ1n) is 12.0. The minimum absolute atomic E-state index is 1.11. The molecule has 0 N–H and O–H groups in total. The summed E-state index contributed by atoms with van der Waals surface area (Å²) in [6.45, 7) is 2.63. The summed E-state index contributed by atoms with van der Waals surface area (Å²) in [6, 6.07) is 2.23. The molecule has 0 saturated carbocycles. The third-order valence-corrected chi connectivity index (χ3v) is 9.98. The number of unbranched alkanes of at least 4 members (excludes halogenated alkanes) is 17. The van der Waals surface area contributed by atoms with E-state index in [0.717, 1.165) is 12.1 Å². The number of rotatable bonds is 21. The zero-order valence-corrected chi connectivity index (χ0v) is 20.6. The molecule has 0 aliphatic carbocycles. The highest BCUT2D eigenvalue weighted by Gasteiger charge is 2.26. The lowest BCUT2D eigenvalue weighted by Gasteiger charge is -2.16. The van der Waals surface area contributed by atoms with Crippen molar-refractivity contribution < 1.29 is 0 Å². The Balaban J connectivity index is 3.31. The van der Waals surface area contributed by atoms with E-state index < -0.39 is 6.69 Å². The number of halogens is 2. The molecule has 0 aromatic carbocycles. The minimum Gasteiger partial charge on any atom is -0.146 e. The zero-order valence-electron chi connectivity index (χ0n) is 18.1. The van der Waals surface area contributed by atoms with Crippen LogP contribution in [-0.4, -0.2) is 6.69 Å². The van der Waals surface area contributed by atoms with Crippen molar-refractivity contribution in [2.75, 3.05) is 0 Å². The first-order valence-corrected chi connectivity index (χ1v) is 16.4. The van der Waals surface area contributed by atoms with Gasteiger partial charge in [0.25, 0.3) is 6.69 Å². The topological polar surface area (TPSA) is 0 Å². The van der Waals surface area contributed by atoms with E-state index in [2.05, 4.69) is 13.8 Å². The van der Waals surface area contributed by atoms with E-state index in [0.29, 0.717) is 0 Å². The van der Waals surface area contributed by atoms with Crippen LogP contribution in [-0.2, 0) is 0 Å². The number of hydrogen-bond donors (Lipinski definition) is 0. The number of hydrogen-bond acceptors (Lipinski definition) is 0. The molecule has 3 heteroatoms. The normalized spacial score (nSPS) is 12.0. The largest absolute Gasteiger partial charge is 0.251 e. The summed E-state index contributed by atoms with van der Waals surface area (Å²) in [5.41, 5.74) is 0. The summed E-state index contributed by atoms with van der Waals surface area (Å²) in [5, 5.41) is 0. The van der Waals surface area contributed by atoms with Gasteiger partial charge in [-0.05, 0) is 12.1 Å². The van der Waals surface area contributed by atoms with Gasteiger partial charge >= 0.3 is 0 Å². The van der Waals surface area contributed by atoms with Crippen LogP contribution < -0.4 is 0 Å². The first kappa shape index (κ1) is 26.8. The molecule has 0 aromatic heterocycles. The molecule has 0 spiro atoms. The van der Waals surface area contributed by atoms with Crippen LogP contribution in [0.15, 0.2) is 0 Å². The Bertz CT molecular complexity index is 269. The molecular weight excluding hydrogens is 375 g/mol. The molecule has 0 radical (unpaired) electrons. The SMILES string of the molecule is CCCCCCCCCCCC[Si](Cl)(Cl)CCCCCCCCCCC. The lowest BCUT2D eigenvalue weighted by Crippen LogP contribution is -2.18. The van der Waals surface area contributed by atoms with Gasteiger partial charge < -0.3 is 0 Å². The van der Waals surface area contributed by atoms with Crippen molar-refractivity contribution in [3.8, 4) is 0 Å². The maximum Gasteiger partial charge on any atom is 0.251 e. The van der Waals surface area contributed by atoms with Crippen molar-refractivity contribution in [1.29, 1.82) is 0 Å². The van der Waals surface area contributed by atoms with Gasteiger partial charge in [-0.25, -0.2) is 0 Å². The van der Waals surface area contributed by atoms with Gasteiger partial charge in [-0.15, -0.1) is 22.2 Å². The Labute approximate surface area is 176 Å². The summed E-state index contributed by atoms with van der Waals surface area (Å²) < 4.78 is 0. The molecule has 0 unspecified atom stereocenters. The highest BCUT2D eigenvalue weighted by molar-refractivity contribution is 7.45. The summed E-state index contributed by atoms with van der Waals surface area (Å²) in [5.74, 6) is 0. The van der Waals surface area contributed by atoms with Crippen molar-refractivity contribution in [2.24, 2.45) is 0 Å². The van der Waals surface area contributed by atoms with Crippen molar-refractivity contribution >= 4 is 28.9 Å². The monoisotopic (exact) mass is 422 g/mol. The molecule has 158 valence electrons. The van der Waals surface area contributed by atoms with Crippen LogP contribution in [0.1, 0.15) is 136 Å². The summed E-state index contributed by atoms with van der Waals surface area (Å²) in [4.78, 5) is 0. The van der Waals surface area contributed by atoms with Gasteiger partial charge in [-0.3, -0.25) is 0 Å². The van der Waals surface area contributed by atoms with Crippen molar-refractivity contribution in [1.82, 2.24) is 0 Å². The van der Waals surface area contributed by atoms with Gasteiger partial charge in [0.15, 0.2) is 0 Å². The van der Waals surface area contributed by atoms with Gasteiger partial charge in [-0.2, -0.15) is 0 Å². The molecule has 0 bridgehead atoms. The fourth-order valence-corrected chi connectivity index (χ4v) is 7.08. The standard InChI is InChI=1S/C23H48Cl2Si/c1-3-5-7-9-11-13-15-17-19-21-23-26(24,25)22-20-18-16-14-12-10-8-6-4-2/h3-23H2,1-2H3. The van der Waals surface area contributed by atoms with Gasteiger partial charge in [-0.1, -0.05) is 136 Å². The quantitative estimate of drug-likeness (QED) is 0.0978. The van der Waals surface area contributed by atoms with E-state index in [1.807, 2.05) is 0 Å². The summed E-state index contributed by atoms with van der Waals surface area (Å²) >= 11 is 13.3. The molecule has 26 heavy (non-hydrogen) atoms. The minimum atomic E-state index is -1.94. The second-order valence-corrected chi connectivity index (χ2v) is 16.0. The summed E-state index contributed by atoms with van der Waals surface area (Å²) in [7, 11) is 0. The molecule has 0 heterocycles. The third kappa shape index (κ3) is 21.1. The van der Waals surface area contributed by atoms with Gasteiger partial charge in [0.1, 0.15) is 0 Å². The highest BCUT2D eigenvalue weighted by Crippen LogP contribution is 2.30. The maximum absolute atomic E-state index is 6.65. The molecule has 0 aliphatic rings. The Hall–Kier alpha value is 0.797. The van der Waals surface area contributed by atoms with Crippen LogP contribution in [0, 0.1) is 0 Å². The van der Waals surface area contributed by atoms with Crippen molar-refractivity contribution in [3.05, 3.63) is 0 Å². The summed E-state index contributed by atoms with van der Waals surface area (Å²) in [6.07, 6.45) is 26.3. The van der Waals surface area contributed by atoms with Crippen LogP contribution in [0.4, 0.5) is 0 Å². The van der Waals surface area contributed by atoms with Crippen LogP contribution in [0.5, 0.6) is 0 Å². The van der Waals surface area contributed by atoms with Crippen LogP contribution in [0.3, 0.4) is 0 Å². The van der Waals surface area contributed by atoms with Gasteiger partial charge in [0.2, 0.25) is 0 Å². The van der Waals surface area contributed by atoms with Gasteiger partial charge in [0.05, 0.1) is 0 Å². The fraction of sp³-hybridized carbons (Fsp3) is 1.00. The van der Waals surface area contributed by atoms with Gasteiger partial charge in [0, 0.05) is 0 Å². The lowest BCUT2D eigenvalue weighted by molar-refractivity contribution is 0.561. The molecule has 0 fully saturated rings. The van der Waals surface area contributed by atoms with Crippen molar-refractivity contribution in [3.63, 3.8) is 0 Å². The average Bonchev–Trinajstić information content (AvgIpc) is 2.62. The Morgan fingerprint density at radius 1 is 0.385 bits per heavy atom. The maximum atomic E-state index is 6.65. The van der Waals surface area contributed by atoms with E-state index in [-0.39, 0.29) is 0 Å². The van der Waals surface area contributed by atoms with Crippen LogP contribution in [0.2, 0.25) is 12.1 Å². The molecule has 0 aliphatic heterocycles. The van der Waals surface area contributed by atoms with E-state index in [4.69, 9.17) is 22.2 Å². The van der Waals surface area contributed by atoms with E-state index >= 15 is 0 Å². The molecule has 0 atom stereocenters. The second-order valence-electron chi connectivity index (χ2n) is 8.37. The molecular formula is C23H48Cl2Si. The molecule has 0 amide bonds. The zero-order chi connectivity index (χ0) is 19.3. The predicted molar refractivity (Wildman–Crippen MR) is 126 cm³/mol. The highest BCUT2D eigenvalue weighted by atomic mass is 35.7. The molecule has 0 nitrogen and oxygen atoms in total. The van der Waals surface area contributed by atoms with Crippen LogP contribution in [0.25, 0.3) is 0 Å². The second kappa shape index (κ2) is 20.5. The molecule has 0 saturated heterocycles. The van der Waals surface area contributed by atoms with E-state index in [9.17, 15) is 0 Å². The third-order valence-electron chi connectivity index (χ3n) is 5.54. The molecule has 0 aromatic rings. The van der Waals surface area contributed by atoms with E-state index in [1.54, 1.807) is 0 Å².